The quantitative estimate of drug-likeness (QED) is 0.934. The number of aromatic nitrogens is 1. The number of benzene rings is 1. The van der Waals surface area contributed by atoms with Crippen LogP contribution in [0.25, 0.3) is 0 Å². The van der Waals surface area contributed by atoms with E-state index >= 15 is 0 Å². The molecule has 0 spiro atoms. The smallest absolute Gasteiger partial charge is 0.306 e. The van der Waals surface area contributed by atoms with Gasteiger partial charge in [0, 0.05) is 12.4 Å². The number of carbonyl (C=O) groups is 1. The van der Waals surface area contributed by atoms with Crippen LogP contribution in [0.4, 0.5) is 0 Å². The lowest BCUT2D eigenvalue weighted by Crippen LogP contribution is -2.39. The van der Waals surface area contributed by atoms with Crippen molar-refractivity contribution < 1.29 is 9.90 Å². The Morgan fingerprint density at radius 2 is 1.83 bits per heavy atom. The molecule has 0 aliphatic carbocycles. The molecular weight excluding hydrogens is 300 g/mol. The van der Waals surface area contributed by atoms with Crippen molar-refractivity contribution in [1.82, 2.24) is 9.88 Å². The van der Waals surface area contributed by atoms with Crippen LogP contribution in [-0.4, -0.2) is 34.0 Å². The number of aryl methyl sites for hydroxylation is 2. The molecule has 1 N–H and O–H groups in total. The summed E-state index contributed by atoms with van der Waals surface area (Å²) in [5.74, 6) is -0.875. The van der Waals surface area contributed by atoms with Crippen LogP contribution < -0.4 is 0 Å². The summed E-state index contributed by atoms with van der Waals surface area (Å²) in [6.45, 7) is 5.79. The first-order chi connectivity index (χ1) is 11.6. The van der Waals surface area contributed by atoms with E-state index in [4.69, 9.17) is 0 Å². The van der Waals surface area contributed by atoms with Gasteiger partial charge in [-0.2, -0.15) is 0 Å². The summed E-state index contributed by atoms with van der Waals surface area (Å²) in [5.41, 5.74) is 4.92. The number of aliphatic carboxylic acids is 1. The molecule has 24 heavy (non-hydrogen) atoms. The van der Waals surface area contributed by atoms with Gasteiger partial charge in [-0.1, -0.05) is 29.8 Å². The van der Waals surface area contributed by atoms with Gasteiger partial charge in [0.2, 0.25) is 0 Å². The zero-order valence-electron chi connectivity index (χ0n) is 14.3. The van der Waals surface area contributed by atoms with Crippen molar-refractivity contribution in [3.63, 3.8) is 0 Å². The van der Waals surface area contributed by atoms with Gasteiger partial charge < -0.3 is 5.11 Å². The van der Waals surface area contributed by atoms with Crippen molar-refractivity contribution in [3.05, 3.63) is 65.0 Å². The molecule has 1 aliphatic rings. The number of pyridine rings is 1. The molecule has 1 aromatic carbocycles. The molecular formula is C20H24N2O2. The van der Waals surface area contributed by atoms with Crippen molar-refractivity contribution in [1.29, 1.82) is 0 Å². The normalized spacial score (nSPS) is 17.6. The molecule has 2 aromatic rings. The number of hydrogen-bond acceptors (Lipinski definition) is 3. The van der Waals surface area contributed by atoms with E-state index in [1.807, 2.05) is 12.4 Å². The molecule has 1 fully saturated rings. The molecule has 1 atom stereocenters. The second kappa shape index (κ2) is 7.14. The molecule has 4 nitrogen and oxygen atoms in total. The average molecular weight is 324 g/mol. The van der Waals surface area contributed by atoms with E-state index in [1.165, 1.54) is 22.3 Å². The maximum absolute atomic E-state index is 11.2. The predicted octanol–water partition coefficient (Wildman–Crippen LogP) is 3.58. The van der Waals surface area contributed by atoms with Crippen LogP contribution in [0.15, 0.2) is 42.7 Å². The molecule has 1 unspecified atom stereocenters. The number of rotatable bonds is 4. The van der Waals surface area contributed by atoms with E-state index in [2.05, 4.69) is 54.1 Å². The van der Waals surface area contributed by atoms with E-state index in [0.29, 0.717) is 12.8 Å². The van der Waals surface area contributed by atoms with Gasteiger partial charge in [0.15, 0.2) is 0 Å². The molecule has 1 saturated heterocycles. The van der Waals surface area contributed by atoms with E-state index < -0.39 is 5.97 Å². The second-order valence-electron chi connectivity index (χ2n) is 6.69. The number of carboxylic acids is 1. The molecule has 2 heterocycles. The lowest BCUT2D eigenvalue weighted by atomic mass is 9.90. The standard InChI is InChI=1S/C20H24N2O2/c1-14-3-5-16(6-4-14)19(18-7-10-21-13-15(18)2)22-11-8-17(9-12-22)20(23)24/h3-7,10,13,17,19H,8-9,11-12H2,1-2H3,(H,23,24). The number of carboxylic acid groups (broad SMARTS) is 1. The van der Waals surface area contributed by atoms with Crippen LogP contribution in [0.5, 0.6) is 0 Å². The van der Waals surface area contributed by atoms with E-state index in [0.717, 1.165) is 13.1 Å². The van der Waals surface area contributed by atoms with Gasteiger partial charge >= 0.3 is 5.97 Å². The third kappa shape index (κ3) is 3.49. The maximum Gasteiger partial charge on any atom is 0.306 e. The van der Waals surface area contributed by atoms with Crippen LogP contribution in [-0.2, 0) is 4.79 Å². The lowest BCUT2D eigenvalue weighted by Gasteiger charge is -2.37. The van der Waals surface area contributed by atoms with Gasteiger partial charge in [0.25, 0.3) is 0 Å². The fraction of sp³-hybridized carbons (Fsp3) is 0.400. The number of likely N-dealkylation sites (tertiary alicyclic amines) is 1. The van der Waals surface area contributed by atoms with Gasteiger partial charge in [-0.25, -0.2) is 0 Å². The molecule has 1 aromatic heterocycles. The molecule has 126 valence electrons. The molecule has 0 bridgehead atoms. The van der Waals surface area contributed by atoms with Crippen molar-refractivity contribution in [3.8, 4) is 0 Å². The van der Waals surface area contributed by atoms with E-state index in [1.54, 1.807) is 0 Å². The van der Waals surface area contributed by atoms with Crippen LogP contribution in [0.2, 0.25) is 0 Å². The third-order valence-electron chi connectivity index (χ3n) is 5.00. The molecule has 1 aliphatic heterocycles. The largest absolute Gasteiger partial charge is 0.481 e. The minimum atomic E-state index is -0.665. The van der Waals surface area contributed by atoms with E-state index in [-0.39, 0.29) is 12.0 Å². The first-order valence-electron chi connectivity index (χ1n) is 8.50. The average Bonchev–Trinajstić information content (AvgIpc) is 2.59. The van der Waals surface area contributed by atoms with Crippen LogP contribution >= 0.6 is 0 Å². The van der Waals surface area contributed by atoms with Crippen LogP contribution in [0.3, 0.4) is 0 Å². The highest BCUT2D eigenvalue weighted by Gasteiger charge is 2.30. The van der Waals surface area contributed by atoms with Crippen LogP contribution in [0.1, 0.15) is 41.1 Å². The zero-order valence-corrected chi connectivity index (χ0v) is 14.3. The first kappa shape index (κ1) is 16.7. The highest BCUT2D eigenvalue weighted by Crippen LogP contribution is 2.33. The Bertz CT molecular complexity index is 704. The Balaban J connectivity index is 1.93. The predicted molar refractivity (Wildman–Crippen MR) is 93.9 cm³/mol. The maximum atomic E-state index is 11.2. The minimum absolute atomic E-state index is 0.156. The highest BCUT2D eigenvalue weighted by molar-refractivity contribution is 5.70. The van der Waals surface area contributed by atoms with Gasteiger partial charge in [-0.3, -0.25) is 14.7 Å². The van der Waals surface area contributed by atoms with Crippen molar-refractivity contribution in [2.45, 2.75) is 32.7 Å². The van der Waals surface area contributed by atoms with E-state index in [9.17, 15) is 9.90 Å². The molecule has 3 rings (SSSR count). The van der Waals surface area contributed by atoms with Gasteiger partial charge in [-0.05, 0) is 62.5 Å². The summed E-state index contributed by atoms with van der Waals surface area (Å²) in [4.78, 5) is 17.9. The topological polar surface area (TPSA) is 53.4 Å². The Morgan fingerprint density at radius 3 is 2.42 bits per heavy atom. The molecule has 0 saturated carbocycles. The minimum Gasteiger partial charge on any atom is -0.481 e. The van der Waals surface area contributed by atoms with Gasteiger partial charge in [-0.15, -0.1) is 0 Å². The molecule has 0 amide bonds. The van der Waals surface area contributed by atoms with Crippen molar-refractivity contribution in [2.24, 2.45) is 5.92 Å². The molecule has 4 heteroatoms. The summed E-state index contributed by atoms with van der Waals surface area (Å²) in [5, 5.41) is 9.25. The molecule has 0 radical (unpaired) electrons. The number of nitrogens with zero attached hydrogens (tertiary/aromatic N) is 2. The van der Waals surface area contributed by atoms with Crippen molar-refractivity contribution in [2.75, 3.05) is 13.1 Å². The highest BCUT2D eigenvalue weighted by atomic mass is 16.4. The SMILES string of the molecule is Cc1ccc(C(c2ccncc2C)N2CCC(C(=O)O)CC2)cc1. The zero-order chi connectivity index (χ0) is 17.1. The third-order valence-corrected chi connectivity index (χ3v) is 5.00. The Labute approximate surface area is 143 Å². The summed E-state index contributed by atoms with van der Waals surface area (Å²) in [6, 6.07) is 10.9. The van der Waals surface area contributed by atoms with Crippen molar-refractivity contribution >= 4 is 5.97 Å². The second-order valence-corrected chi connectivity index (χ2v) is 6.69. The lowest BCUT2D eigenvalue weighted by molar-refractivity contribution is -0.143. The summed E-state index contributed by atoms with van der Waals surface area (Å²) in [6.07, 6.45) is 5.16. The Morgan fingerprint density at radius 1 is 1.17 bits per heavy atom. The van der Waals surface area contributed by atoms with Gasteiger partial charge in [0.05, 0.1) is 12.0 Å². The first-order valence-corrected chi connectivity index (χ1v) is 8.50. The van der Waals surface area contributed by atoms with Crippen LogP contribution in [0, 0.1) is 19.8 Å². The fourth-order valence-electron chi connectivity index (χ4n) is 3.53. The number of piperidine rings is 1. The fourth-order valence-corrected chi connectivity index (χ4v) is 3.53. The summed E-state index contributed by atoms with van der Waals surface area (Å²) < 4.78 is 0. The summed E-state index contributed by atoms with van der Waals surface area (Å²) >= 11 is 0. The van der Waals surface area contributed by atoms with Gasteiger partial charge in [0.1, 0.15) is 0 Å². The summed E-state index contributed by atoms with van der Waals surface area (Å²) in [7, 11) is 0. The monoisotopic (exact) mass is 324 g/mol. The Hall–Kier alpha value is -2.20. The number of hydrogen-bond donors (Lipinski definition) is 1. The Kier molecular flexibility index (Phi) is 4.95.